The van der Waals surface area contributed by atoms with E-state index in [1.165, 1.54) is 0 Å². The lowest BCUT2D eigenvalue weighted by Crippen LogP contribution is -1.76. The highest BCUT2D eigenvalue weighted by Crippen LogP contribution is 2.41. The Balaban J connectivity index is 2.62. The Bertz CT molecular complexity index is 708. The summed E-state index contributed by atoms with van der Waals surface area (Å²) in [5.41, 5.74) is 0. The van der Waals surface area contributed by atoms with Crippen molar-refractivity contribution in [2.24, 2.45) is 0 Å². The maximum absolute atomic E-state index is 6.13. The Kier molecular flexibility index (Phi) is 2.59. The van der Waals surface area contributed by atoms with Crippen molar-refractivity contribution < 1.29 is 0 Å². The molecule has 2 aromatic heterocycles. The predicted octanol–water partition coefficient (Wildman–Crippen LogP) is 5.52. The summed E-state index contributed by atoms with van der Waals surface area (Å²) >= 11 is 17.3. The molecule has 3 rings (SSSR count). The molecule has 0 amide bonds. The minimum absolute atomic E-state index is 0.520. The molecule has 0 N–H and O–H groups in total. The van der Waals surface area contributed by atoms with Gasteiger partial charge in [-0.15, -0.1) is 11.3 Å². The highest BCUT2D eigenvalue weighted by molar-refractivity contribution is 9.10. The molecule has 0 aliphatic carbocycles. The molecule has 1 nitrogen and oxygen atoms in total. The van der Waals surface area contributed by atoms with Crippen LogP contribution in [-0.2, 0) is 0 Å². The molecule has 0 aliphatic rings. The van der Waals surface area contributed by atoms with E-state index in [-0.39, 0.29) is 0 Å². The van der Waals surface area contributed by atoms with Gasteiger partial charge in [0, 0.05) is 26.7 Å². The summed E-state index contributed by atoms with van der Waals surface area (Å²) in [4.78, 5) is 4.14. The first-order valence-corrected chi connectivity index (χ1v) is 6.85. The van der Waals surface area contributed by atoms with Crippen molar-refractivity contribution in [1.29, 1.82) is 0 Å². The van der Waals surface area contributed by atoms with Gasteiger partial charge in [0.1, 0.15) is 5.15 Å². The Morgan fingerprint density at radius 1 is 1.25 bits per heavy atom. The van der Waals surface area contributed by atoms with E-state index in [2.05, 4.69) is 20.9 Å². The van der Waals surface area contributed by atoms with Gasteiger partial charge in [0.2, 0.25) is 0 Å². The van der Waals surface area contributed by atoms with Crippen molar-refractivity contribution in [2.45, 2.75) is 0 Å². The molecule has 0 saturated heterocycles. The Labute approximate surface area is 114 Å². The molecule has 0 bridgehead atoms. The monoisotopic (exact) mass is 331 g/mol. The average Bonchev–Trinajstić information content (AvgIpc) is 2.63. The van der Waals surface area contributed by atoms with E-state index in [0.29, 0.717) is 10.2 Å². The first kappa shape index (κ1) is 10.8. The zero-order valence-electron chi connectivity index (χ0n) is 7.80. The summed E-state index contributed by atoms with van der Waals surface area (Å²) in [6, 6.07) is 5.81. The first-order chi connectivity index (χ1) is 7.66. The number of nitrogens with zero attached hydrogens (tertiary/aromatic N) is 1. The number of fused-ring (bicyclic) bond motifs is 3. The number of hydrogen-bond donors (Lipinski definition) is 0. The number of halogens is 3. The maximum atomic E-state index is 6.13. The summed E-state index contributed by atoms with van der Waals surface area (Å²) in [6.45, 7) is 0. The molecule has 0 aliphatic heterocycles. The first-order valence-electron chi connectivity index (χ1n) is 4.48. The molecule has 5 heteroatoms. The van der Waals surface area contributed by atoms with Crippen LogP contribution in [0.2, 0.25) is 10.2 Å². The summed E-state index contributed by atoms with van der Waals surface area (Å²) < 4.78 is 3.23. The van der Waals surface area contributed by atoms with Crippen LogP contribution in [0.5, 0.6) is 0 Å². The summed E-state index contributed by atoms with van der Waals surface area (Å²) in [6.07, 6.45) is 1.72. The van der Waals surface area contributed by atoms with Crippen LogP contribution in [0.15, 0.2) is 28.9 Å². The largest absolute Gasteiger partial charge is 0.243 e. The van der Waals surface area contributed by atoms with E-state index in [4.69, 9.17) is 23.2 Å². The van der Waals surface area contributed by atoms with E-state index in [1.54, 1.807) is 17.5 Å². The predicted molar refractivity (Wildman–Crippen MR) is 74.8 cm³/mol. The van der Waals surface area contributed by atoms with Crippen LogP contribution in [0.3, 0.4) is 0 Å². The van der Waals surface area contributed by atoms with Crippen LogP contribution in [0.4, 0.5) is 0 Å². The van der Waals surface area contributed by atoms with Crippen LogP contribution in [0, 0.1) is 0 Å². The fourth-order valence-electron chi connectivity index (χ4n) is 1.68. The lowest BCUT2D eigenvalue weighted by atomic mass is 10.2. The third kappa shape index (κ3) is 1.54. The standard InChI is InChI=1S/C11H4BrCl2NS/c12-7-4-15-11(14)9-6-3-5(13)1-2-8(6)16-10(7)9/h1-4H. The van der Waals surface area contributed by atoms with Gasteiger partial charge in [-0.25, -0.2) is 4.98 Å². The molecule has 80 valence electrons. The molecule has 0 unspecified atom stereocenters. The molecule has 0 saturated carbocycles. The highest BCUT2D eigenvalue weighted by atomic mass is 79.9. The second-order valence-corrected chi connectivity index (χ2v) is 6.04. The Morgan fingerprint density at radius 2 is 2.06 bits per heavy atom. The zero-order chi connectivity index (χ0) is 11.3. The lowest BCUT2D eigenvalue weighted by Gasteiger charge is -1.96. The van der Waals surface area contributed by atoms with Gasteiger partial charge in [-0.05, 0) is 34.1 Å². The quantitative estimate of drug-likeness (QED) is 0.494. The van der Waals surface area contributed by atoms with Gasteiger partial charge in [-0.3, -0.25) is 0 Å². The number of rotatable bonds is 0. The second-order valence-electron chi connectivity index (χ2n) is 3.34. The Morgan fingerprint density at radius 3 is 2.88 bits per heavy atom. The van der Waals surface area contributed by atoms with Gasteiger partial charge >= 0.3 is 0 Å². The van der Waals surface area contributed by atoms with Crippen molar-refractivity contribution >= 4 is 70.6 Å². The summed E-state index contributed by atoms with van der Waals surface area (Å²) in [5.74, 6) is 0. The number of hydrogen-bond acceptors (Lipinski definition) is 2. The molecule has 2 heterocycles. The van der Waals surface area contributed by atoms with Crippen LogP contribution in [0.1, 0.15) is 0 Å². The topological polar surface area (TPSA) is 12.9 Å². The van der Waals surface area contributed by atoms with Crippen molar-refractivity contribution in [1.82, 2.24) is 4.98 Å². The third-order valence-corrected chi connectivity index (χ3v) is 4.95. The molecule has 0 fully saturated rings. The van der Waals surface area contributed by atoms with E-state index >= 15 is 0 Å². The average molecular weight is 333 g/mol. The van der Waals surface area contributed by atoms with Crippen LogP contribution >= 0.6 is 50.5 Å². The van der Waals surface area contributed by atoms with E-state index in [9.17, 15) is 0 Å². The van der Waals surface area contributed by atoms with Crippen molar-refractivity contribution in [3.05, 3.63) is 39.0 Å². The summed E-state index contributed by atoms with van der Waals surface area (Å²) in [7, 11) is 0. The zero-order valence-corrected chi connectivity index (χ0v) is 11.7. The van der Waals surface area contributed by atoms with Gasteiger partial charge in [-0.1, -0.05) is 23.2 Å². The van der Waals surface area contributed by atoms with Crippen molar-refractivity contribution in [3.8, 4) is 0 Å². The molecule has 0 atom stereocenters. The van der Waals surface area contributed by atoms with Crippen LogP contribution < -0.4 is 0 Å². The van der Waals surface area contributed by atoms with Gasteiger partial charge in [-0.2, -0.15) is 0 Å². The number of thiophene rings is 1. The smallest absolute Gasteiger partial charge is 0.138 e. The second kappa shape index (κ2) is 3.84. The molecular formula is C11H4BrCl2NS. The van der Waals surface area contributed by atoms with Crippen LogP contribution in [-0.4, -0.2) is 4.98 Å². The van der Waals surface area contributed by atoms with Gasteiger partial charge in [0.15, 0.2) is 0 Å². The van der Waals surface area contributed by atoms with Gasteiger partial charge in [0.05, 0.1) is 9.17 Å². The number of pyridine rings is 1. The lowest BCUT2D eigenvalue weighted by molar-refractivity contribution is 1.36. The van der Waals surface area contributed by atoms with Crippen molar-refractivity contribution in [2.75, 3.05) is 0 Å². The SMILES string of the molecule is Clc1ccc2sc3c(Br)cnc(Cl)c3c2c1. The molecular weight excluding hydrogens is 329 g/mol. The molecule has 0 spiro atoms. The fraction of sp³-hybridized carbons (Fsp3) is 0. The normalized spacial score (nSPS) is 11.4. The van der Waals surface area contributed by atoms with Crippen molar-refractivity contribution in [3.63, 3.8) is 0 Å². The Hall–Kier alpha value is -0.350. The molecule has 1 aromatic carbocycles. The minimum Gasteiger partial charge on any atom is -0.243 e. The number of benzene rings is 1. The maximum Gasteiger partial charge on any atom is 0.138 e. The molecule has 16 heavy (non-hydrogen) atoms. The highest BCUT2D eigenvalue weighted by Gasteiger charge is 2.12. The van der Waals surface area contributed by atoms with E-state index in [1.807, 2.05) is 18.2 Å². The third-order valence-electron chi connectivity index (χ3n) is 2.36. The number of aromatic nitrogens is 1. The van der Waals surface area contributed by atoms with Gasteiger partial charge in [0.25, 0.3) is 0 Å². The van der Waals surface area contributed by atoms with Crippen LogP contribution in [0.25, 0.3) is 20.2 Å². The minimum atomic E-state index is 0.520. The van der Waals surface area contributed by atoms with E-state index in [0.717, 1.165) is 24.6 Å². The molecule has 3 aromatic rings. The summed E-state index contributed by atoms with van der Waals surface area (Å²) in [5, 5.41) is 3.26. The molecule has 0 radical (unpaired) electrons. The van der Waals surface area contributed by atoms with E-state index < -0.39 is 0 Å². The fourth-order valence-corrected chi connectivity index (χ4v) is 3.78. The van der Waals surface area contributed by atoms with Gasteiger partial charge < -0.3 is 0 Å².